The van der Waals surface area contributed by atoms with Crippen LogP contribution in [0, 0.1) is 61.1 Å². The predicted molar refractivity (Wildman–Crippen MR) is 203 cm³/mol. The van der Waals surface area contributed by atoms with Gasteiger partial charge in [0.05, 0.1) is 31.1 Å². The van der Waals surface area contributed by atoms with E-state index in [4.69, 9.17) is 9.47 Å². The number of carboxylic acids is 3. The fourth-order valence-electron chi connectivity index (χ4n) is 13.0. The number of hydrogen-bond donors (Lipinski definition) is 3. The first-order valence-corrected chi connectivity index (χ1v) is 20.4. The molecule has 4 saturated carbocycles. The normalized spacial score (nSPS) is 38.7. The van der Waals surface area contributed by atoms with Gasteiger partial charge >= 0.3 is 29.8 Å². The predicted octanol–water partition coefficient (Wildman–Crippen LogP) is 9.09. The SMILES string of the molecule is CC(C)(CC(=O)O)CC(=O)OC[C@@]1(C)[C@@H]2CC[C@]3(C)[C@H](CC=C4[C@@H]5CC(C)(C)CC[C@]5(C(=O)O)CC[C@]43C)[C@@]2(C)CC[C@@H]1OC(=O)CC(C)(C)CC(=O)O. The summed E-state index contributed by atoms with van der Waals surface area (Å²) in [6.45, 7) is 20.9. The van der Waals surface area contributed by atoms with E-state index in [2.05, 4.69) is 47.6 Å². The molecule has 5 aliphatic rings. The lowest BCUT2D eigenvalue weighted by atomic mass is 9.33. The molecule has 54 heavy (non-hydrogen) atoms. The minimum absolute atomic E-state index is 0.0105. The number of allylic oxidation sites excluding steroid dienone is 2. The number of aliphatic carboxylic acids is 3. The van der Waals surface area contributed by atoms with E-state index >= 15 is 0 Å². The summed E-state index contributed by atoms with van der Waals surface area (Å²) >= 11 is 0. The molecule has 0 unspecified atom stereocenters. The largest absolute Gasteiger partial charge is 0.481 e. The van der Waals surface area contributed by atoms with Gasteiger partial charge in [-0.2, -0.15) is 0 Å². The summed E-state index contributed by atoms with van der Waals surface area (Å²) in [6.07, 6.45) is 9.38. The lowest BCUT2D eigenvalue weighted by molar-refractivity contribution is -0.228. The highest BCUT2D eigenvalue weighted by molar-refractivity contribution is 5.77. The summed E-state index contributed by atoms with van der Waals surface area (Å²) in [5.41, 5.74) is -2.11. The van der Waals surface area contributed by atoms with Crippen LogP contribution in [0.2, 0.25) is 0 Å². The van der Waals surface area contributed by atoms with Crippen molar-refractivity contribution in [1.29, 1.82) is 0 Å². The van der Waals surface area contributed by atoms with Crippen LogP contribution in [0.15, 0.2) is 11.6 Å². The Balaban J connectivity index is 1.49. The van der Waals surface area contributed by atoms with Crippen LogP contribution in [0.5, 0.6) is 0 Å². The molecule has 0 aromatic rings. The maximum absolute atomic E-state index is 13.5. The third-order valence-corrected chi connectivity index (χ3v) is 16.1. The van der Waals surface area contributed by atoms with Crippen LogP contribution in [0.1, 0.15) is 159 Å². The Morgan fingerprint density at radius 2 is 1.30 bits per heavy atom. The van der Waals surface area contributed by atoms with Gasteiger partial charge < -0.3 is 24.8 Å². The van der Waals surface area contributed by atoms with Gasteiger partial charge in [-0.05, 0) is 114 Å². The first kappa shape index (κ1) is 42.2. The summed E-state index contributed by atoms with van der Waals surface area (Å²) in [5, 5.41) is 29.6. The quantitative estimate of drug-likeness (QED) is 0.129. The summed E-state index contributed by atoms with van der Waals surface area (Å²) in [6, 6.07) is 0. The molecule has 9 atom stereocenters. The van der Waals surface area contributed by atoms with E-state index < -0.39 is 57.6 Å². The average molecular weight is 757 g/mol. The molecule has 0 saturated heterocycles. The van der Waals surface area contributed by atoms with Crippen molar-refractivity contribution >= 4 is 29.8 Å². The van der Waals surface area contributed by atoms with Gasteiger partial charge in [0.25, 0.3) is 0 Å². The number of carboxylic acid groups (broad SMARTS) is 3. The Labute approximate surface area is 322 Å². The average Bonchev–Trinajstić information content (AvgIpc) is 2.99. The van der Waals surface area contributed by atoms with Crippen LogP contribution >= 0.6 is 0 Å². The summed E-state index contributed by atoms with van der Waals surface area (Å²) in [5.74, 6) is -3.26. The lowest BCUT2D eigenvalue weighted by Gasteiger charge is -2.71. The van der Waals surface area contributed by atoms with Crippen molar-refractivity contribution in [3.63, 3.8) is 0 Å². The molecule has 0 amide bonds. The zero-order chi connectivity index (χ0) is 40.5. The second-order valence-electron chi connectivity index (χ2n) is 21.7. The highest BCUT2D eigenvalue weighted by atomic mass is 16.6. The number of fused-ring (bicyclic) bond motifs is 7. The number of esters is 2. The maximum atomic E-state index is 13.5. The fourth-order valence-corrected chi connectivity index (χ4v) is 13.0. The second kappa shape index (κ2) is 13.9. The minimum Gasteiger partial charge on any atom is -0.481 e. The van der Waals surface area contributed by atoms with E-state index in [-0.39, 0.29) is 71.7 Å². The number of hydrogen-bond acceptors (Lipinski definition) is 7. The molecule has 10 heteroatoms. The highest BCUT2D eigenvalue weighted by Crippen LogP contribution is 2.76. The van der Waals surface area contributed by atoms with Crippen molar-refractivity contribution in [2.45, 2.75) is 165 Å². The molecule has 10 nitrogen and oxygen atoms in total. The smallest absolute Gasteiger partial charge is 0.310 e. The van der Waals surface area contributed by atoms with E-state index in [1.165, 1.54) is 5.57 Å². The molecule has 0 aliphatic heterocycles. The standard InChI is InChI=1S/C44H68O10/c1-37(2)17-19-44(36(51)52)20-18-42(9)27(28(44)21-37)11-12-30-40(7)15-14-31(54-35(50)25-39(5,6)23-33(47)48)41(8,29(40)13-16-43(30,42)10)26-53-34(49)24-38(3,4)22-32(45)46/h11,28-31H,12-26H2,1-10H3,(H,45,46)(H,47,48)(H,51,52)/t28-,29+,30+,31-,40-,41-,42+,43+,44-/m0/s1. The number of carbonyl (C=O) groups excluding carboxylic acids is 2. The van der Waals surface area contributed by atoms with E-state index in [1.807, 2.05) is 0 Å². The second-order valence-corrected chi connectivity index (χ2v) is 21.7. The zero-order valence-corrected chi connectivity index (χ0v) is 34.7. The molecule has 0 bridgehead atoms. The van der Waals surface area contributed by atoms with E-state index in [0.29, 0.717) is 19.3 Å². The lowest BCUT2D eigenvalue weighted by Crippen LogP contribution is -2.66. The number of carbonyl (C=O) groups is 5. The molecule has 0 aromatic heterocycles. The first-order valence-electron chi connectivity index (χ1n) is 20.4. The Kier molecular flexibility index (Phi) is 10.9. The van der Waals surface area contributed by atoms with Crippen molar-refractivity contribution in [1.82, 2.24) is 0 Å². The molecule has 0 spiro atoms. The van der Waals surface area contributed by atoms with Crippen LogP contribution < -0.4 is 0 Å². The molecule has 0 heterocycles. The van der Waals surface area contributed by atoms with Gasteiger partial charge in [0.15, 0.2) is 0 Å². The topological polar surface area (TPSA) is 164 Å². The molecular weight excluding hydrogens is 688 g/mol. The first-order chi connectivity index (χ1) is 24.7. The number of rotatable bonds is 12. The Morgan fingerprint density at radius 1 is 0.722 bits per heavy atom. The van der Waals surface area contributed by atoms with Crippen LogP contribution in [-0.2, 0) is 33.4 Å². The molecule has 3 N–H and O–H groups in total. The zero-order valence-electron chi connectivity index (χ0n) is 34.7. The molecule has 304 valence electrons. The van der Waals surface area contributed by atoms with E-state index in [0.717, 1.165) is 44.9 Å². The van der Waals surface area contributed by atoms with Crippen molar-refractivity contribution < 1.29 is 48.8 Å². The van der Waals surface area contributed by atoms with Gasteiger partial charge in [0.2, 0.25) is 0 Å². The van der Waals surface area contributed by atoms with Crippen LogP contribution in [-0.4, -0.2) is 57.9 Å². The van der Waals surface area contributed by atoms with Crippen LogP contribution in [0.25, 0.3) is 0 Å². The van der Waals surface area contributed by atoms with Crippen molar-refractivity contribution in [2.75, 3.05) is 6.61 Å². The molecular formula is C44H68O10. The minimum atomic E-state index is -0.983. The Morgan fingerprint density at radius 3 is 1.87 bits per heavy atom. The Hall–Kier alpha value is -2.91. The van der Waals surface area contributed by atoms with E-state index in [1.54, 1.807) is 27.7 Å². The summed E-state index contributed by atoms with van der Waals surface area (Å²) in [7, 11) is 0. The monoisotopic (exact) mass is 756 g/mol. The summed E-state index contributed by atoms with van der Waals surface area (Å²) in [4.78, 5) is 63.0. The van der Waals surface area contributed by atoms with Crippen LogP contribution in [0.4, 0.5) is 0 Å². The third-order valence-electron chi connectivity index (χ3n) is 16.1. The molecule has 5 rings (SSSR count). The van der Waals surface area contributed by atoms with Gasteiger partial charge in [-0.25, -0.2) is 0 Å². The summed E-state index contributed by atoms with van der Waals surface area (Å²) < 4.78 is 12.4. The van der Waals surface area contributed by atoms with Gasteiger partial charge in [0, 0.05) is 5.41 Å². The fraction of sp³-hybridized carbons (Fsp3) is 0.841. The molecule has 4 fully saturated rings. The highest BCUT2D eigenvalue weighted by Gasteiger charge is 2.70. The van der Waals surface area contributed by atoms with Crippen LogP contribution in [0.3, 0.4) is 0 Å². The van der Waals surface area contributed by atoms with Gasteiger partial charge in [0.1, 0.15) is 12.7 Å². The van der Waals surface area contributed by atoms with Crippen molar-refractivity contribution in [2.24, 2.45) is 61.1 Å². The van der Waals surface area contributed by atoms with Crippen molar-refractivity contribution in [3.05, 3.63) is 11.6 Å². The van der Waals surface area contributed by atoms with Gasteiger partial charge in [-0.1, -0.05) is 80.9 Å². The molecule has 0 aromatic carbocycles. The van der Waals surface area contributed by atoms with Gasteiger partial charge in [-0.15, -0.1) is 0 Å². The van der Waals surface area contributed by atoms with E-state index in [9.17, 15) is 39.3 Å². The third kappa shape index (κ3) is 7.37. The maximum Gasteiger partial charge on any atom is 0.310 e. The number of ether oxygens (including phenoxy) is 2. The Bertz CT molecular complexity index is 1570. The van der Waals surface area contributed by atoms with Gasteiger partial charge in [-0.3, -0.25) is 24.0 Å². The van der Waals surface area contributed by atoms with Crippen molar-refractivity contribution in [3.8, 4) is 0 Å². The molecule has 0 radical (unpaired) electrons. The molecule has 5 aliphatic carbocycles.